The molecule has 0 bridgehead atoms. The highest BCUT2D eigenvalue weighted by Gasteiger charge is 2.14. The third kappa shape index (κ3) is 4.77. The molecule has 0 heterocycles. The van der Waals surface area contributed by atoms with E-state index in [0.29, 0.717) is 15.2 Å². The van der Waals surface area contributed by atoms with Gasteiger partial charge in [-0.2, -0.15) is 0 Å². The number of non-ortho nitro benzene ring substituents is 1. The second kappa shape index (κ2) is 7.89. The maximum absolute atomic E-state index is 11.8. The van der Waals surface area contributed by atoms with Crippen molar-refractivity contribution < 1.29 is 19.2 Å². The molecule has 0 atom stereocenters. The van der Waals surface area contributed by atoms with E-state index in [0.717, 1.165) is 6.07 Å². The van der Waals surface area contributed by atoms with Crippen molar-refractivity contribution in [3.8, 4) is 0 Å². The van der Waals surface area contributed by atoms with Gasteiger partial charge >= 0.3 is 5.97 Å². The van der Waals surface area contributed by atoms with Crippen LogP contribution in [-0.4, -0.2) is 23.4 Å². The molecule has 0 saturated carbocycles. The summed E-state index contributed by atoms with van der Waals surface area (Å²) in [5, 5.41) is 13.6. The summed E-state index contributed by atoms with van der Waals surface area (Å²) < 4.78 is 5.51. The van der Waals surface area contributed by atoms with Crippen LogP contribution in [0.25, 0.3) is 0 Å². The lowest BCUT2D eigenvalue weighted by atomic mass is 10.2. The largest absolute Gasteiger partial charge is 0.452 e. The van der Waals surface area contributed by atoms with Crippen molar-refractivity contribution in [1.82, 2.24) is 0 Å². The molecular formula is C15H10BrClN2O5. The number of ether oxygens (including phenoxy) is 1. The van der Waals surface area contributed by atoms with E-state index in [2.05, 4.69) is 21.2 Å². The zero-order chi connectivity index (χ0) is 17.7. The summed E-state index contributed by atoms with van der Waals surface area (Å²) in [4.78, 5) is 33.6. The van der Waals surface area contributed by atoms with Crippen LogP contribution in [0.2, 0.25) is 5.02 Å². The van der Waals surface area contributed by atoms with Crippen molar-refractivity contribution in [2.24, 2.45) is 0 Å². The monoisotopic (exact) mass is 412 g/mol. The van der Waals surface area contributed by atoms with Gasteiger partial charge in [-0.05, 0) is 40.2 Å². The Morgan fingerprint density at radius 2 is 2.00 bits per heavy atom. The van der Waals surface area contributed by atoms with Crippen molar-refractivity contribution in [2.45, 2.75) is 0 Å². The number of carbonyl (C=O) groups excluding carboxylic acids is 2. The molecule has 0 aromatic heterocycles. The molecule has 7 nitrogen and oxygen atoms in total. The standard InChI is InChI=1S/C15H10BrClN2O5/c16-12-5-4-10(7-13(12)17)18-14(20)8-24-15(21)9-2-1-3-11(6-9)19(22)23/h1-7H,8H2,(H,18,20). The fraction of sp³-hybridized carbons (Fsp3) is 0.0667. The fourth-order valence-corrected chi connectivity index (χ4v) is 2.16. The van der Waals surface area contributed by atoms with Gasteiger partial charge in [0.05, 0.1) is 15.5 Å². The van der Waals surface area contributed by atoms with Gasteiger partial charge < -0.3 is 10.1 Å². The lowest BCUT2D eigenvalue weighted by Crippen LogP contribution is -2.21. The summed E-state index contributed by atoms with van der Waals surface area (Å²) in [6.07, 6.45) is 0. The van der Waals surface area contributed by atoms with Crippen molar-refractivity contribution in [3.05, 3.63) is 67.6 Å². The molecule has 0 aliphatic heterocycles. The Morgan fingerprint density at radius 3 is 2.67 bits per heavy atom. The molecule has 1 amide bonds. The van der Waals surface area contributed by atoms with Gasteiger partial charge in [-0.25, -0.2) is 4.79 Å². The van der Waals surface area contributed by atoms with Crippen LogP contribution in [0.4, 0.5) is 11.4 Å². The summed E-state index contributed by atoms with van der Waals surface area (Å²) in [7, 11) is 0. The number of halogens is 2. The van der Waals surface area contributed by atoms with E-state index < -0.39 is 23.4 Å². The number of nitro groups is 1. The minimum Gasteiger partial charge on any atom is -0.452 e. The van der Waals surface area contributed by atoms with E-state index in [1.165, 1.54) is 24.3 Å². The number of esters is 1. The Bertz CT molecular complexity index is 812. The van der Waals surface area contributed by atoms with E-state index in [1.54, 1.807) is 12.1 Å². The van der Waals surface area contributed by atoms with Crippen molar-refractivity contribution >= 4 is 50.8 Å². The summed E-state index contributed by atoms with van der Waals surface area (Å²) in [5.41, 5.74) is 0.196. The highest BCUT2D eigenvalue weighted by Crippen LogP contribution is 2.25. The zero-order valence-corrected chi connectivity index (χ0v) is 14.3. The van der Waals surface area contributed by atoms with Gasteiger partial charge in [0.2, 0.25) is 0 Å². The molecule has 1 N–H and O–H groups in total. The van der Waals surface area contributed by atoms with Gasteiger partial charge in [0.25, 0.3) is 11.6 Å². The molecule has 24 heavy (non-hydrogen) atoms. The molecule has 0 aliphatic carbocycles. The first-order valence-electron chi connectivity index (χ1n) is 6.53. The van der Waals surface area contributed by atoms with Crippen LogP contribution in [0.15, 0.2) is 46.9 Å². The summed E-state index contributed by atoms with van der Waals surface area (Å²) in [6.45, 7) is -0.533. The number of hydrogen-bond donors (Lipinski definition) is 1. The molecule has 124 valence electrons. The van der Waals surface area contributed by atoms with Gasteiger partial charge in [0.15, 0.2) is 6.61 Å². The fourth-order valence-electron chi connectivity index (χ4n) is 1.73. The topological polar surface area (TPSA) is 98.5 Å². The number of benzene rings is 2. The Kier molecular flexibility index (Phi) is 5.88. The average Bonchev–Trinajstić information content (AvgIpc) is 2.56. The molecule has 2 aromatic carbocycles. The van der Waals surface area contributed by atoms with Gasteiger partial charge in [-0.15, -0.1) is 0 Å². The highest BCUT2D eigenvalue weighted by atomic mass is 79.9. The zero-order valence-electron chi connectivity index (χ0n) is 12.0. The van der Waals surface area contributed by atoms with Gasteiger partial charge in [-0.3, -0.25) is 14.9 Å². The number of carbonyl (C=O) groups is 2. The van der Waals surface area contributed by atoms with E-state index in [1.807, 2.05) is 0 Å². The molecule has 9 heteroatoms. The van der Waals surface area contributed by atoms with Crippen molar-refractivity contribution in [3.63, 3.8) is 0 Å². The maximum atomic E-state index is 11.8. The minimum absolute atomic E-state index is 0.0105. The van der Waals surface area contributed by atoms with Crippen LogP contribution in [0, 0.1) is 10.1 Å². The Hall–Kier alpha value is -2.45. The van der Waals surface area contributed by atoms with Crippen LogP contribution < -0.4 is 5.32 Å². The Labute approximate surface area is 149 Å². The molecule has 2 aromatic rings. The third-order valence-electron chi connectivity index (χ3n) is 2.83. The predicted molar refractivity (Wildman–Crippen MR) is 91.2 cm³/mol. The number of nitro benzene ring substituents is 1. The van der Waals surface area contributed by atoms with E-state index in [9.17, 15) is 19.7 Å². The Balaban J connectivity index is 1.93. The normalized spacial score (nSPS) is 10.1. The van der Waals surface area contributed by atoms with E-state index >= 15 is 0 Å². The minimum atomic E-state index is -0.831. The smallest absolute Gasteiger partial charge is 0.338 e. The number of nitrogens with one attached hydrogen (secondary N) is 1. The van der Waals surface area contributed by atoms with Crippen LogP contribution in [0.3, 0.4) is 0 Å². The van der Waals surface area contributed by atoms with Gasteiger partial charge in [0, 0.05) is 22.3 Å². The highest BCUT2D eigenvalue weighted by molar-refractivity contribution is 9.10. The molecule has 0 saturated heterocycles. The first-order valence-corrected chi connectivity index (χ1v) is 7.70. The first kappa shape index (κ1) is 17.9. The second-order valence-corrected chi connectivity index (χ2v) is 5.82. The lowest BCUT2D eigenvalue weighted by molar-refractivity contribution is -0.384. The van der Waals surface area contributed by atoms with Gasteiger partial charge in [-0.1, -0.05) is 17.7 Å². The molecule has 0 aliphatic rings. The lowest BCUT2D eigenvalue weighted by Gasteiger charge is -2.07. The molecule has 2 rings (SSSR count). The van der Waals surface area contributed by atoms with E-state index in [-0.39, 0.29) is 11.3 Å². The molecule has 0 unspecified atom stereocenters. The first-order chi connectivity index (χ1) is 11.4. The second-order valence-electron chi connectivity index (χ2n) is 4.56. The summed E-state index contributed by atoms with van der Waals surface area (Å²) in [6, 6.07) is 9.87. The number of hydrogen-bond acceptors (Lipinski definition) is 5. The molecule has 0 fully saturated rings. The van der Waals surface area contributed by atoms with E-state index in [4.69, 9.17) is 16.3 Å². The summed E-state index contributed by atoms with van der Waals surface area (Å²) >= 11 is 9.13. The van der Waals surface area contributed by atoms with Crippen LogP contribution in [0.1, 0.15) is 10.4 Å². The van der Waals surface area contributed by atoms with Crippen molar-refractivity contribution in [2.75, 3.05) is 11.9 Å². The third-order valence-corrected chi connectivity index (χ3v) is 4.06. The predicted octanol–water partition coefficient (Wildman–Crippen LogP) is 3.81. The van der Waals surface area contributed by atoms with Crippen LogP contribution in [-0.2, 0) is 9.53 Å². The number of rotatable bonds is 5. The van der Waals surface area contributed by atoms with Crippen molar-refractivity contribution in [1.29, 1.82) is 0 Å². The molecule has 0 radical (unpaired) electrons. The number of amides is 1. The SMILES string of the molecule is O=C(COC(=O)c1cccc([N+](=O)[O-])c1)Nc1ccc(Br)c(Cl)c1. The maximum Gasteiger partial charge on any atom is 0.338 e. The molecular weight excluding hydrogens is 404 g/mol. The number of anilines is 1. The molecule has 0 spiro atoms. The van der Waals surface area contributed by atoms with Crippen LogP contribution >= 0.6 is 27.5 Å². The average molecular weight is 414 g/mol. The van der Waals surface area contributed by atoms with Gasteiger partial charge in [0.1, 0.15) is 0 Å². The number of nitrogens with zero attached hydrogens (tertiary/aromatic N) is 1. The quantitative estimate of drug-likeness (QED) is 0.456. The summed E-state index contributed by atoms with van der Waals surface area (Å²) in [5.74, 6) is -1.39. The van der Waals surface area contributed by atoms with Crippen LogP contribution in [0.5, 0.6) is 0 Å². The Morgan fingerprint density at radius 1 is 1.25 bits per heavy atom.